The highest BCUT2D eigenvalue weighted by Gasteiger charge is 2.17. The number of hydrogen-bond donors (Lipinski definition) is 1. The molecule has 0 aliphatic carbocycles. The lowest BCUT2D eigenvalue weighted by atomic mass is 10.1. The Morgan fingerprint density at radius 3 is 2.50 bits per heavy atom. The van der Waals surface area contributed by atoms with Gasteiger partial charge in [-0.25, -0.2) is 9.78 Å². The van der Waals surface area contributed by atoms with Gasteiger partial charge in [-0.1, -0.05) is 24.3 Å². The first kappa shape index (κ1) is 18.4. The Hall–Kier alpha value is -2.42. The lowest BCUT2D eigenvalue weighted by molar-refractivity contribution is 0.0636. The molecule has 2 aromatic carbocycles. The molecule has 1 aromatic heterocycles. The molecular weight excluding hydrogens is 445 g/mol. The SMILES string of the molecule is CC(C)(C)OC(=O)Nc1ccc(Oc2ccnc(I)n2)c2ccccc12. The number of nitrogens with zero attached hydrogens (tertiary/aromatic N) is 2. The maximum atomic E-state index is 12.1. The van der Waals surface area contributed by atoms with Crippen LogP contribution in [0.1, 0.15) is 20.8 Å². The molecule has 3 rings (SSSR count). The average Bonchev–Trinajstić information content (AvgIpc) is 2.55. The summed E-state index contributed by atoms with van der Waals surface area (Å²) in [6, 6.07) is 12.9. The predicted octanol–water partition coefficient (Wildman–Crippen LogP) is 5.37. The zero-order valence-corrected chi connectivity index (χ0v) is 16.8. The largest absolute Gasteiger partial charge is 0.444 e. The summed E-state index contributed by atoms with van der Waals surface area (Å²) in [4.78, 5) is 20.4. The smallest absolute Gasteiger partial charge is 0.412 e. The van der Waals surface area contributed by atoms with E-state index in [0.29, 0.717) is 21.1 Å². The van der Waals surface area contributed by atoms with Gasteiger partial charge in [0.2, 0.25) is 5.88 Å². The van der Waals surface area contributed by atoms with Crippen LogP contribution in [0.5, 0.6) is 11.6 Å². The summed E-state index contributed by atoms with van der Waals surface area (Å²) >= 11 is 2.03. The summed E-state index contributed by atoms with van der Waals surface area (Å²) in [5.41, 5.74) is 0.0899. The minimum atomic E-state index is -0.562. The number of ether oxygens (including phenoxy) is 2. The van der Waals surface area contributed by atoms with Gasteiger partial charge in [0, 0.05) is 45.6 Å². The van der Waals surface area contributed by atoms with Gasteiger partial charge in [-0.2, -0.15) is 4.98 Å². The number of nitrogens with one attached hydrogen (secondary N) is 1. The number of hydrogen-bond acceptors (Lipinski definition) is 5. The maximum Gasteiger partial charge on any atom is 0.412 e. The lowest BCUT2D eigenvalue weighted by Gasteiger charge is -2.20. The quantitative estimate of drug-likeness (QED) is 0.418. The van der Waals surface area contributed by atoms with Gasteiger partial charge in [-0.3, -0.25) is 5.32 Å². The standard InChI is InChI=1S/C19H18IN3O3/c1-19(2,3)26-18(24)22-14-8-9-15(13-7-5-4-6-12(13)14)25-16-10-11-21-17(20)23-16/h4-11H,1-3H3,(H,22,24). The van der Waals surface area contributed by atoms with Crippen molar-refractivity contribution in [3.63, 3.8) is 0 Å². The molecule has 0 atom stereocenters. The molecule has 7 heteroatoms. The third-order valence-corrected chi connectivity index (χ3v) is 3.85. The molecule has 1 amide bonds. The number of carbonyl (C=O) groups is 1. The fourth-order valence-corrected chi connectivity index (χ4v) is 2.77. The van der Waals surface area contributed by atoms with Crippen molar-refractivity contribution in [1.29, 1.82) is 0 Å². The van der Waals surface area contributed by atoms with Crippen LogP contribution in [0.4, 0.5) is 10.5 Å². The van der Waals surface area contributed by atoms with Crippen LogP contribution in [0.2, 0.25) is 0 Å². The van der Waals surface area contributed by atoms with Crippen molar-refractivity contribution in [2.75, 3.05) is 5.32 Å². The highest BCUT2D eigenvalue weighted by molar-refractivity contribution is 14.1. The monoisotopic (exact) mass is 463 g/mol. The molecule has 0 unspecified atom stereocenters. The van der Waals surface area contributed by atoms with Crippen molar-refractivity contribution in [1.82, 2.24) is 9.97 Å². The van der Waals surface area contributed by atoms with E-state index in [4.69, 9.17) is 9.47 Å². The number of carbonyl (C=O) groups excluding carboxylic acids is 1. The van der Waals surface area contributed by atoms with E-state index >= 15 is 0 Å². The van der Waals surface area contributed by atoms with Crippen LogP contribution >= 0.6 is 22.6 Å². The highest BCUT2D eigenvalue weighted by Crippen LogP contribution is 2.34. The zero-order valence-electron chi connectivity index (χ0n) is 14.6. The molecule has 0 fully saturated rings. The van der Waals surface area contributed by atoms with Gasteiger partial charge in [0.05, 0.1) is 5.69 Å². The number of anilines is 1. The Bertz CT molecular complexity index is 954. The Morgan fingerprint density at radius 2 is 1.81 bits per heavy atom. The van der Waals surface area contributed by atoms with E-state index in [-0.39, 0.29) is 0 Å². The highest BCUT2D eigenvalue weighted by atomic mass is 127. The molecule has 0 radical (unpaired) electrons. The van der Waals surface area contributed by atoms with E-state index < -0.39 is 11.7 Å². The van der Waals surface area contributed by atoms with Crippen molar-refractivity contribution in [3.05, 3.63) is 52.5 Å². The number of rotatable bonds is 3. The summed E-state index contributed by atoms with van der Waals surface area (Å²) in [6.07, 6.45) is 1.15. The molecule has 0 bridgehead atoms. The summed E-state index contributed by atoms with van der Waals surface area (Å²) in [7, 11) is 0. The average molecular weight is 463 g/mol. The summed E-state index contributed by atoms with van der Waals surface area (Å²) < 4.78 is 11.8. The number of benzene rings is 2. The summed E-state index contributed by atoms with van der Waals surface area (Å²) in [5, 5.41) is 4.50. The van der Waals surface area contributed by atoms with E-state index in [2.05, 4.69) is 15.3 Å². The van der Waals surface area contributed by atoms with Crippen LogP contribution in [0.15, 0.2) is 48.7 Å². The van der Waals surface area contributed by atoms with Crippen molar-refractivity contribution in [3.8, 4) is 11.6 Å². The molecule has 1 N–H and O–H groups in total. The number of halogens is 1. The fraction of sp³-hybridized carbons (Fsp3) is 0.211. The first-order valence-corrected chi connectivity index (χ1v) is 9.08. The molecule has 134 valence electrons. The van der Waals surface area contributed by atoms with Crippen molar-refractivity contribution >= 4 is 45.1 Å². The molecule has 0 saturated heterocycles. The van der Waals surface area contributed by atoms with Crippen LogP contribution in [-0.4, -0.2) is 21.7 Å². The second kappa shape index (κ2) is 7.45. The Balaban J connectivity index is 1.93. The number of amides is 1. The van der Waals surface area contributed by atoms with Gasteiger partial charge < -0.3 is 9.47 Å². The van der Waals surface area contributed by atoms with E-state index in [1.807, 2.05) is 67.6 Å². The number of aromatic nitrogens is 2. The molecule has 0 saturated carbocycles. The lowest BCUT2D eigenvalue weighted by Crippen LogP contribution is -2.27. The van der Waals surface area contributed by atoms with Crippen molar-refractivity contribution < 1.29 is 14.3 Å². The van der Waals surface area contributed by atoms with Crippen molar-refractivity contribution in [2.45, 2.75) is 26.4 Å². The fourth-order valence-electron chi connectivity index (χ4n) is 2.37. The van der Waals surface area contributed by atoms with Gasteiger partial charge in [0.15, 0.2) is 3.83 Å². The third kappa shape index (κ3) is 4.60. The second-order valence-electron chi connectivity index (χ2n) is 6.55. The second-order valence-corrected chi connectivity index (χ2v) is 7.51. The van der Waals surface area contributed by atoms with Gasteiger partial charge in [-0.15, -0.1) is 0 Å². The van der Waals surface area contributed by atoms with E-state index in [0.717, 1.165) is 10.8 Å². The minimum absolute atomic E-state index is 0.461. The Kier molecular flexibility index (Phi) is 5.26. The van der Waals surface area contributed by atoms with Crippen LogP contribution in [0, 0.1) is 3.83 Å². The van der Waals surface area contributed by atoms with E-state index in [1.54, 1.807) is 24.4 Å². The van der Waals surface area contributed by atoms with Crippen molar-refractivity contribution in [2.24, 2.45) is 0 Å². The Labute approximate surface area is 165 Å². The molecule has 0 aliphatic heterocycles. The third-order valence-electron chi connectivity index (χ3n) is 3.33. The first-order chi connectivity index (χ1) is 12.3. The van der Waals surface area contributed by atoms with Gasteiger partial charge in [0.1, 0.15) is 11.4 Å². The van der Waals surface area contributed by atoms with Gasteiger partial charge in [0.25, 0.3) is 0 Å². The minimum Gasteiger partial charge on any atom is -0.444 e. The van der Waals surface area contributed by atoms with Crippen LogP contribution in [0.3, 0.4) is 0 Å². The maximum absolute atomic E-state index is 12.1. The zero-order chi connectivity index (χ0) is 18.7. The molecule has 0 aliphatic rings. The van der Waals surface area contributed by atoms with Gasteiger partial charge in [-0.05, 0) is 32.9 Å². The molecule has 6 nitrogen and oxygen atoms in total. The molecule has 3 aromatic rings. The first-order valence-electron chi connectivity index (χ1n) is 8.00. The molecule has 26 heavy (non-hydrogen) atoms. The molecular formula is C19H18IN3O3. The number of fused-ring (bicyclic) bond motifs is 1. The van der Waals surface area contributed by atoms with Crippen LogP contribution in [0.25, 0.3) is 10.8 Å². The normalized spacial score (nSPS) is 11.2. The van der Waals surface area contributed by atoms with E-state index in [9.17, 15) is 4.79 Å². The summed E-state index contributed by atoms with van der Waals surface area (Å²) in [6.45, 7) is 5.47. The predicted molar refractivity (Wildman–Crippen MR) is 109 cm³/mol. The topological polar surface area (TPSA) is 73.3 Å². The van der Waals surface area contributed by atoms with Gasteiger partial charge >= 0.3 is 6.09 Å². The van der Waals surface area contributed by atoms with E-state index in [1.165, 1.54) is 0 Å². The Morgan fingerprint density at radius 1 is 1.08 bits per heavy atom. The van der Waals surface area contributed by atoms with Crippen LogP contribution in [-0.2, 0) is 4.74 Å². The molecule has 0 spiro atoms. The molecule has 1 heterocycles. The van der Waals surface area contributed by atoms with Crippen LogP contribution < -0.4 is 10.1 Å². The summed E-state index contributed by atoms with van der Waals surface area (Å²) in [5.74, 6) is 1.10.